The van der Waals surface area contributed by atoms with Crippen molar-refractivity contribution in [3.8, 4) is 23.0 Å². The van der Waals surface area contributed by atoms with Gasteiger partial charge < -0.3 is 28.4 Å². The van der Waals surface area contributed by atoms with Gasteiger partial charge in [-0.1, -0.05) is 191 Å². The summed E-state index contributed by atoms with van der Waals surface area (Å²) in [5.41, 5.74) is 5.11. The highest BCUT2D eigenvalue weighted by Crippen LogP contribution is 2.31. The van der Waals surface area contributed by atoms with Crippen LogP contribution in [0.5, 0.6) is 23.0 Å². The molecule has 14 nitrogen and oxygen atoms in total. The molecule has 2 atom stereocenters. The Morgan fingerprint density at radius 2 is 0.573 bits per heavy atom. The number of hydrogen-bond donors (Lipinski definition) is 0. The Labute approximate surface area is 568 Å². The Balaban J connectivity index is 0.638. The zero-order chi connectivity index (χ0) is 67.4. The molecule has 0 heterocycles. The van der Waals surface area contributed by atoms with Crippen LogP contribution in [0.15, 0.2) is 190 Å². The summed E-state index contributed by atoms with van der Waals surface area (Å²) in [6.07, 6.45) is 28.1. The van der Waals surface area contributed by atoms with Gasteiger partial charge >= 0.3 is 23.9 Å². The molecule has 506 valence electrons. The van der Waals surface area contributed by atoms with Crippen molar-refractivity contribution in [2.24, 2.45) is 20.5 Å². The van der Waals surface area contributed by atoms with Gasteiger partial charge in [-0.25, -0.2) is 9.59 Å². The molecule has 0 aromatic heterocycles. The average molecular weight is 1300 g/mol. The minimum absolute atomic E-state index is 0.257. The molecule has 0 saturated heterocycles. The molecule has 0 unspecified atom stereocenters. The van der Waals surface area contributed by atoms with Crippen molar-refractivity contribution in [3.05, 3.63) is 192 Å². The van der Waals surface area contributed by atoms with E-state index >= 15 is 0 Å². The van der Waals surface area contributed by atoms with Gasteiger partial charge in [0.15, 0.2) is 0 Å². The summed E-state index contributed by atoms with van der Waals surface area (Å²) in [5, 5.41) is 21.0. The van der Waals surface area contributed by atoms with E-state index in [-0.39, 0.29) is 11.9 Å². The molecule has 8 aromatic carbocycles. The van der Waals surface area contributed by atoms with Crippen LogP contribution >= 0.6 is 0 Å². The van der Waals surface area contributed by atoms with Crippen LogP contribution in [-0.2, 0) is 19.1 Å². The number of azo groups is 2. The van der Waals surface area contributed by atoms with Crippen LogP contribution in [0, 0.1) is 0 Å². The van der Waals surface area contributed by atoms with Crippen molar-refractivity contribution in [3.63, 3.8) is 0 Å². The van der Waals surface area contributed by atoms with E-state index in [1.165, 1.54) is 89.9 Å². The van der Waals surface area contributed by atoms with Gasteiger partial charge in [-0.3, -0.25) is 9.59 Å². The van der Waals surface area contributed by atoms with Crippen molar-refractivity contribution < 1.29 is 47.6 Å². The first-order valence-corrected chi connectivity index (χ1v) is 35.4. The molecule has 0 spiro atoms. The predicted octanol–water partition coefficient (Wildman–Crippen LogP) is 23.4. The zero-order valence-electron chi connectivity index (χ0n) is 57.0. The largest absolute Gasteiger partial charge is 0.494 e. The van der Waals surface area contributed by atoms with E-state index in [1.807, 2.05) is 123 Å². The smallest absolute Gasteiger partial charge is 0.343 e. The molecule has 0 radical (unpaired) electrons. The Hall–Kier alpha value is -9.04. The SMILES string of the molecule is CCCCCCCCCCOc1ccc(N=Nc2ccc(C(=O)Oc3ccc4cc([C@H](C)C(=O)OCCCCCCCCCCOC(=O)[C@@H](C)c5ccc6cc(OC(=O)c7ccc(N=Nc8ccc(OCCCCCCCCCC)cc8)cc7)ccc6c5)ccc4c3)cc2)cc1. The molecular formula is C82H98N4O10. The van der Waals surface area contributed by atoms with E-state index in [0.717, 1.165) is 108 Å². The lowest BCUT2D eigenvalue weighted by molar-refractivity contribution is -0.146. The second-order valence-electron chi connectivity index (χ2n) is 25.1. The van der Waals surface area contributed by atoms with Gasteiger partial charge in [0, 0.05) is 0 Å². The highest BCUT2D eigenvalue weighted by atomic mass is 16.5. The number of hydrogen-bond acceptors (Lipinski definition) is 14. The van der Waals surface area contributed by atoms with E-state index in [2.05, 4.69) is 34.3 Å². The van der Waals surface area contributed by atoms with Crippen molar-refractivity contribution in [1.82, 2.24) is 0 Å². The highest BCUT2D eigenvalue weighted by molar-refractivity contribution is 5.94. The van der Waals surface area contributed by atoms with Gasteiger partial charge in [0.1, 0.15) is 23.0 Å². The molecule has 14 heteroatoms. The summed E-state index contributed by atoms with van der Waals surface area (Å²) in [6.45, 7) is 10.4. The Bertz CT molecular complexity index is 3470. The fourth-order valence-electron chi connectivity index (χ4n) is 11.2. The maximum absolute atomic E-state index is 13.1. The second kappa shape index (κ2) is 41.0. The summed E-state index contributed by atoms with van der Waals surface area (Å²) < 4.78 is 34.7. The molecule has 0 amide bonds. The van der Waals surface area contributed by atoms with Crippen LogP contribution in [0.3, 0.4) is 0 Å². The van der Waals surface area contributed by atoms with Gasteiger partial charge in [0.05, 0.1) is 72.1 Å². The van der Waals surface area contributed by atoms with Crippen LogP contribution in [-0.4, -0.2) is 50.3 Å². The van der Waals surface area contributed by atoms with E-state index in [0.29, 0.717) is 71.8 Å². The molecule has 0 fully saturated rings. The maximum Gasteiger partial charge on any atom is 0.343 e. The number of fused-ring (bicyclic) bond motifs is 2. The summed E-state index contributed by atoms with van der Waals surface area (Å²) in [7, 11) is 0. The third kappa shape index (κ3) is 25.3. The molecule has 0 saturated carbocycles. The van der Waals surface area contributed by atoms with Gasteiger partial charge in [0.25, 0.3) is 0 Å². The number of carbonyl (C=O) groups excluding carboxylic acids is 4. The van der Waals surface area contributed by atoms with Gasteiger partial charge in [0.2, 0.25) is 0 Å². The molecule has 0 bridgehead atoms. The molecule has 0 aliphatic heterocycles. The standard InChI is InChI=1S/C82H98N4O10/c1-5-7-9-11-13-17-21-25-53-91-75-49-43-73(44-50-75)85-83-71-39-33-63(34-40-71)81(89)95-77-47-37-67-57-65(29-31-69(67)59-77)61(3)79(87)93-55-27-23-19-15-16-20-24-28-56-94-80(88)62(4)66-30-32-70-60-78(48-38-68(70)58-66)96-82(90)64-35-41-72(42-36-64)84-86-74-45-51-76(52-46-74)92-54-26-22-18-14-12-10-8-6-2/h29-52,57-62H,5-28,53-56H2,1-4H3/t61-,62-/m0/s1. The molecule has 0 aliphatic carbocycles. The van der Waals surface area contributed by atoms with Crippen molar-refractivity contribution >= 4 is 68.2 Å². The monoisotopic (exact) mass is 1300 g/mol. The van der Waals surface area contributed by atoms with E-state index in [1.54, 1.807) is 60.7 Å². The van der Waals surface area contributed by atoms with Crippen molar-refractivity contribution in [1.29, 1.82) is 0 Å². The lowest BCUT2D eigenvalue weighted by atomic mass is 9.98. The van der Waals surface area contributed by atoms with Crippen molar-refractivity contribution in [2.45, 2.75) is 194 Å². The fraction of sp³-hybridized carbons (Fsp3) is 0.415. The summed E-state index contributed by atoms with van der Waals surface area (Å²) in [4.78, 5) is 52.3. The third-order valence-corrected chi connectivity index (χ3v) is 17.3. The van der Waals surface area contributed by atoms with Crippen LogP contribution in [0.1, 0.15) is 225 Å². The predicted molar refractivity (Wildman–Crippen MR) is 384 cm³/mol. The Morgan fingerprint density at radius 3 is 0.906 bits per heavy atom. The van der Waals surface area contributed by atoms with Crippen LogP contribution in [0.2, 0.25) is 0 Å². The number of carbonyl (C=O) groups is 4. The quantitative estimate of drug-likeness (QED) is 0.0155. The Kier molecular flexibility index (Phi) is 31.1. The van der Waals surface area contributed by atoms with Gasteiger partial charge in [-0.2, -0.15) is 20.5 Å². The van der Waals surface area contributed by atoms with Crippen LogP contribution in [0.4, 0.5) is 22.7 Å². The normalized spacial score (nSPS) is 12.1. The van der Waals surface area contributed by atoms with Crippen molar-refractivity contribution in [2.75, 3.05) is 26.4 Å². The first-order valence-electron chi connectivity index (χ1n) is 35.4. The van der Waals surface area contributed by atoms with E-state index in [4.69, 9.17) is 28.4 Å². The van der Waals surface area contributed by atoms with E-state index < -0.39 is 23.8 Å². The van der Waals surface area contributed by atoms with Gasteiger partial charge in [-0.15, -0.1) is 0 Å². The average Bonchev–Trinajstić information content (AvgIpc) is 0.850. The Morgan fingerprint density at radius 1 is 0.302 bits per heavy atom. The minimum atomic E-state index is -0.484. The lowest BCUT2D eigenvalue weighted by Gasteiger charge is -2.13. The number of esters is 4. The van der Waals surface area contributed by atoms with Gasteiger partial charge in [-0.05, 0) is 194 Å². The first-order chi connectivity index (χ1) is 47.0. The number of unbranched alkanes of at least 4 members (excludes halogenated alkanes) is 21. The number of benzene rings is 8. The summed E-state index contributed by atoms with van der Waals surface area (Å²) in [6, 6.07) is 51.3. The van der Waals surface area contributed by atoms with Crippen LogP contribution < -0.4 is 18.9 Å². The van der Waals surface area contributed by atoms with Crippen LogP contribution in [0.25, 0.3) is 21.5 Å². The molecule has 8 aromatic rings. The molecule has 0 aliphatic rings. The summed E-state index contributed by atoms with van der Waals surface area (Å²) >= 11 is 0. The molecule has 8 rings (SSSR count). The molecule has 0 N–H and O–H groups in total. The zero-order valence-corrected chi connectivity index (χ0v) is 57.0. The molecule has 96 heavy (non-hydrogen) atoms. The number of nitrogens with zero attached hydrogens (tertiary/aromatic N) is 4. The fourth-order valence-corrected chi connectivity index (χ4v) is 11.2. The first kappa shape index (κ1) is 72.8. The lowest BCUT2D eigenvalue weighted by Crippen LogP contribution is -2.14. The topological polar surface area (TPSA) is 173 Å². The number of ether oxygens (including phenoxy) is 6. The number of rotatable bonds is 43. The van der Waals surface area contributed by atoms with E-state index in [9.17, 15) is 19.2 Å². The minimum Gasteiger partial charge on any atom is -0.494 e. The maximum atomic E-state index is 13.1. The summed E-state index contributed by atoms with van der Waals surface area (Å²) in [5.74, 6) is 0.122. The second-order valence-corrected chi connectivity index (χ2v) is 25.1. The molecular weight excluding hydrogens is 1200 g/mol. The third-order valence-electron chi connectivity index (χ3n) is 17.3. The highest BCUT2D eigenvalue weighted by Gasteiger charge is 2.20.